The standard InChI is InChI=1S/C16H22N4O/c17-15(14-6-2-1-3-7-14)8-9-16(21)18-10-4-12-20-13-5-11-19-20/h1-3,5-7,11,13,15H,4,8-10,12,17H2,(H,18,21). The minimum atomic E-state index is -0.0824. The Hall–Kier alpha value is -2.14. The largest absolute Gasteiger partial charge is 0.356 e. The number of aryl methyl sites for hydroxylation is 1. The van der Waals surface area contributed by atoms with E-state index in [1.165, 1.54) is 0 Å². The van der Waals surface area contributed by atoms with Crippen LogP contribution < -0.4 is 11.1 Å². The Morgan fingerprint density at radius 3 is 2.81 bits per heavy atom. The van der Waals surface area contributed by atoms with E-state index < -0.39 is 0 Å². The molecular weight excluding hydrogens is 264 g/mol. The van der Waals surface area contributed by atoms with Gasteiger partial charge in [-0.2, -0.15) is 5.10 Å². The normalized spacial score (nSPS) is 12.0. The van der Waals surface area contributed by atoms with Crippen LogP contribution in [0.1, 0.15) is 30.9 Å². The van der Waals surface area contributed by atoms with E-state index in [-0.39, 0.29) is 11.9 Å². The predicted molar refractivity (Wildman–Crippen MR) is 82.5 cm³/mol. The monoisotopic (exact) mass is 286 g/mol. The second-order valence-corrected chi connectivity index (χ2v) is 5.03. The minimum absolute atomic E-state index is 0.0573. The molecule has 2 aromatic rings. The molecular formula is C16H22N4O. The van der Waals surface area contributed by atoms with Crippen molar-refractivity contribution in [3.8, 4) is 0 Å². The Labute approximate surface area is 125 Å². The van der Waals surface area contributed by atoms with E-state index in [4.69, 9.17) is 5.73 Å². The molecule has 0 spiro atoms. The molecule has 1 aromatic carbocycles. The lowest BCUT2D eigenvalue weighted by Gasteiger charge is -2.11. The molecule has 0 bridgehead atoms. The number of nitrogens with one attached hydrogen (secondary N) is 1. The smallest absolute Gasteiger partial charge is 0.220 e. The maximum Gasteiger partial charge on any atom is 0.220 e. The average molecular weight is 286 g/mol. The lowest BCUT2D eigenvalue weighted by Crippen LogP contribution is -2.26. The summed E-state index contributed by atoms with van der Waals surface area (Å²) in [5.41, 5.74) is 7.14. The van der Waals surface area contributed by atoms with E-state index in [1.54, 1.807) is 6.20 Å². The zero-order valence-corrected chi connectivity index (χ0v) is 12.1. The van der Waals surface area contributed by atoms with Gasteiger partial charge in [0.25, 0.3) is 0 Å². The molecule has 3 N–H and O–H groups in total. The number of rotatable bonds is 8. The first-order valence-electron chi connectivity index (χ1n) is 7.30. The Morgan fingerprint density at radius 1 is 1.29 bits per heavy atom. The van der Waals surface area contributed by atoms with Crippen LogP contribution in [0.2, 0.25) is 0 Å². The molecule has 1 unspecified atom stereocenters. The fraction of sp³-hybridized carbons (Fsp3) is 0.375. The number of carbonyl (C=O) groups excluding carboxylic acids is 1. The highest BCUT2D eigenvalue weighted by Gasteiger charge is 2.08. The molecule has 5 heteroatoms. The molecule has 0 fully saturated rings. The highest BCUT2D eigenvalue weighted by Crippen LogP contribution is 2.14. The lowest BCUT2D eigenvalue weighted by molar-refractivity contribution is -0.121. The molecule has 0 radical (unpaired) electrons. The summed E-state index contributed by atoms with van der Waals surface area (Å²) in [5.74, 6) is 0.0573. The zero-order chi connectivity index (χ0) is 14.9. The van der Waals surface area contributed by atoms with E-state index in [9.17, 15) is 4.79 Å². The number of hydrogen-bond acceptors (Lipinski definition) is 3. The summed E-state index contributed by atoms with van der Waals surface area (Å²) in [6, 6.07) is 11.7. The number of amides is 1. The van der Waals surface area contributed by atoms with Crippen molar-refractivity contribution in [3.63, 3.8) is 0 Å². The van der Waals surface area contributed by atoms with Crippen LogP contribution in [0.4, 0.5) is 0 Å². The highest BCUT2D eigenvalue weighted by molar-refractivity contribution is 5.75. The molecule has 0 aliphatic heterocycles. The minimum Gasteiger partial charge on any atom is -0.356 e. The third-order valence-corrected chi connectivity index (χ3v) is 3.36. The van der Waals surface area contributed by atoms with Crippen molar-refractivity contribution >= 4 is 5.91 Å². The fourth-order valence-electron chi connectivity index (χ4n) is 2.14. The van der Waals surface area contributed by atoms with E-state index >= 15 is 0 Å². The van der Waals surface area contributed by atoms with Crippen molar-refractivity contribution in [3.05, 3.63) is 54.4 Å². The van der Waals surface area contributed by atoms with E-state index in [0.29, 0.717) is 19.4 Å². The molecule has 1 atom stereocenters. The van der Waals surface area contributed by atoms with Crippen LogP contribution in [0.25, 0.3) is 0 Å². The van der Waals surface area contributed by atoms with Gasteiger partial charge in [-0.15, -0.1) is 0 Å². The summed E-state index contributed by atoms with van der Waals surface area (Å²) in [5, 5.41) is 7.03. The van der Waals surface area contributed by atoms with Gasteiger partial charge in [0.1, 0.15) is 0 Å². The lowest BCUT2D eigenvalue weighted by atomic mass is 10.0. The second-order valence-electron chi connectivity index (χ2n) is 5.03. The van der Waals surface area contributed by atoms with Crippen molar-refractivity contribution in [2.45, 2.75) is 31.8 Å². The van der Waals surface area contributed by atoms with Crippen LogP contribution in [0.3, 0.4) is 0 Å². The van der Waals surface area contributed by atoms with Crippen LogP contribution >= 0.6 is 0 Å². The van der Waals surface area contributed by atoms with Gasteiger partial charge in [0.15, 0.2) is 0 Å². The first-order valence-corrected chi connectivity index (χ1v) is 7.30. The number of benzene rings is 1. The predicted octanol–water partition coefficient (Wildman–Crippen LogP) is 1.87. The number of nitrogens with zero attached hydrogens (tertiary/aromatic N) is 2. The maximum absolute atomic E-state index is 11.8. The van der Waals surface area contributed by atoms with Gasteiger partial charge in [-0.25, -0.2) is 0 Å². The first kappa shape index (κ1) is 15.3. The maximum atomic E-state index is 11.8. The van der Waals surface area contributed by atoms with Gasteiger partial charge in [-0.05, 0) is 24.5 Å². The van der Waals surface area contributed by atoms with Crippen molar-refractivity contribution in [1.82, 2.24) is 15.1 Å². The molecule has 5 nitrogen and oxygen atoms in total. The SMILES string of the molecule is NC(CCC(=O)NCCCn1cccn1)c1ccccc1. The summed E-state index contributed by atoms with van der Waals surface area (Å²) >= 11 is 0. The third-order valence-electron chi connectivity index (χ3n) is 3.36. The first-order chi connectivity index (χ1) is 10.3. The average Bonchev–Trinajstić information content (AvgIpc) is 3.03. The molecule has 112 valence electrons. The van der Waals surface area contributed by atoms with Crippen molar-refractivity contribution < 1.29 is 4.79 Å². The molecule has 1 heterocycles. The number of carbonyl (C=O) groups is 1. The van der Waals surface area contributed by atoms with Gasteiger partial charge in [0.2, 0.25) is 5.91 Å². The van der Waals surface area contributed by atoms with Crippen LogP contribution in [0.15, 0.2) is 48.8 Å². The van der Waals surface area contributed by atoms with Gasteiger partial charge in [0.05, 0.1) is 0 Å². The Morgan fingerprint density at radius 2 is 2.10 bits per heavy atom. The molecule has 0 saturated heterocycles. The summed E-state index contributed by atoms with van der Waals surface area (Å²) in [6.07, 6.45) is 5.66. The van der Waals surface area contributed by atoms with E-state index in [1.807, 2.05) is 47.3 Å². The van der Waals surface area contributed by atoms with Crippen LogP contribution in [0.5, 0.6) is 0 Å². The van der Waals surface area contributed by atoms with Crippen molar-refractivity contribution in [2.75, 3.05) is 6.54 Å². The topological polar surface area (TPSA) is 72.9 Å². The number of hydrogen-bond donors (Lipinski definition) is 2. The van der Waals surface area contributed by atoms with Crippen molar-refractivity contribution in [1.29, 1.82) is 0 Å². The van der Waals surface area contributed by atoms with Gasteiger partial charge in [0, 0.05) is 37.9 Å². The molecule has 0 saturated carbocycles. The summed E-state index contributed by atoms with van der Waals surface area (Å²) in [6.45, 7) is 1.48. The van der Waals surface area contributed by atoms with Crippen LogP contribution in [0, 0.1) is 0 Å². The molecule has 0 aliphatic carbocycles. The third kappa shape index (κ3) is 5.39. The fourth-order valence-corrected chi connectivity index (χ4v) is 2.14. The Balaban J connectivity index is 1.59. The number of nitrogens with two attached hydrogens (primary N) is 1. The summed E-state index contributed by atoms with van der Waals surface area (Å²) < 4.78 is 1.86. The van der Waals surface area contributed by atoms with Gasteiger partial charge in [-0.1, -0.05) is 30.3 Å². The highest BCUT2D eigenvalue weighted by atomic mass is 16.1. The number of aromatic nitrogens is 2. The van der Waals surface area contributed by atoms with Crippen molar-refractivity contribution in [2.24, 2.45) is 5.73 Å². The summed E-state index contributed by atoms with van der Waals surface area (Å²) in [7, 11) is 0. The Bertz CT molecular complexity index is 524. The van der Waals surface area contributed by atoms with E-state index in [2.05, 4.69) is 10.4 Å². The van der Waals surface area contributed by atoms with E-state index in [0.717, 1.165) is 18.5 Å². The molecule has 21 heavy (non-hydrogen) atoms. The van der Waals surface area contributed by atoms with Gasteiger partial charge in [-0.3, -0.25) is 9.48 Å². The molecule has 1 aromatic heterocycles. The zero-order valence-electron chi connectivity index (χ0n) is 12.1. The van der Waals surface area contributed by atoms with Gasteiger partial charge < -0.3 is 11.1 Å². The second kappa shape index (κ2) is 8.21. The molecule has 0 aliphatic rings. The molecule has 2 rings (SSSR count). The Kier molecular flexibility index (Phi) is 5.97. The van der Waals surface area contributed by atoms with Crippen LogP contribution in [-0.2, 0) is 11.3 Å². The quantitative estimate of drug-likeness (QED) is 0.728. The van der Waals surface area contributed by atoms with Crippen LogP contribution in [-0.4, -0.2) is 22.2 Å². The summed E-state index contributed by atoms with van der Waals surface area (Å²) in [4.78, 5) is 11.8. The van der Waals surface area contributed by atoms with Gasteiger partial charge >= 0.3 is 0 Å². The molecule has 1 amide bonds.